The van der Waals surface area contributed by atoms with Crippen molar-refractivity contribution in [1.29, 1.82) is 0 Å². The maximum Gasteiger partial charge on any atom is 0.306 e. The molecule has 0 aliphatic rings. The quantitative estimate of drug-likeness (QED) is 0.728. The van der Waals surface area contributed by atoms with E-state index in [-0.39, 0.29) is 31.1 Å². The summed E-state index contributed by atoms with van der Waals surface area (Å²) < 4.78 is 10.0. The van der Waals surface area contributed by atoms with Crippen LogP contribution in [0.1, 0.15) is 32.3 Å². The molecular weight excluding hydrogens is 232 g/mol. The van der Waals surface area contributed by atoms with Crippen molar-refractivity contribution < 1.29 is 19.1 Å². The van der Waals surface area contributed by atoms with Gasteiger partial charge in [0.15, 0.2) is 0 Å². The molecule has 4 heteroatoms. The summed E-state index contributed by atoms with van der Waals surface area (Å²) in [6.45, 7) is 3.39. The van der Waals surface area contributed by atoms with E-state index in [0.29, 0.717) is 6.42 Å². The lowest BCUT2D eigenvalue weighted by Crippen LogP contribution is -2.15. The van der Waals surface area contributed by atoms with Crippen molar-refractivity contribution in [3.05, 3.63) is 35.9 Å². The van der Waals surface area contributed by atoms with Gasteiger partial charge in [-0.3, -0.25) is 9.59 Å². The Morgan fingerprint density at radius 1 is 1.22 bits per heavy atom. The Kier molecular flexibility index (Phi) is 5.91. The maximum atomic E-state index is 11.4. The molecule has 1 aromatic carbocycles. The van der Waals surface area contributed by atoms with Gasteiger partial charge in [0.2, 0.25) is 0 Å². The van der Waals surface area contributed by atoms with Gasteiger partial charge in [-0.1, -0.05) is 30.3 Å². The second-order valence-electron chi connectivity index (χ2n) is 4.11. The summed E-state index contributed by atoms with van der Waals surface area (Å²) in [7, 11) is 0. The SMILES string of the molecule is CC(=O)OC(C)CCC(=O)OCc1ccccc1. The smallest absolute Gasteiger partial charge is 0.306 e. The molecule has 1 aromatic rings. The van der Waals surface area contributed by atoms with E-state index in [2.05, 4.69) is 0 Å². The van der Waals surface area contributed by atoms with Crippen LogP contribution in [0.15, 0.2) is 30.3 Å². The lowest BCUT2D eigenvalue weighted by molar-refractivity contribution is -0.150. The molecule has 98 valence electrons. The molecule has 0 fully saturated rings. The number of carbonyl (C=O) groups excluding carboxylic acids is 2. The monoisotopic (exact) mass is 250 g/mol. The van der Waals surface area contributed by atoms with Gasteiger partial charge in [0.05, 0.1) is 6.10 Å². The minimum atomic E-state index is -0.333. The zero-order valence-corrected chi connectivity index (χ0v) is 10.7. The van der Waals surface area contributed by atoms with Crippen LogP contribution < -0.4 is 0 Å². The first kappa shape index (κ1) is 14.2. The Labute approximate surface area is 107 Å². The highest BCUT2D eigenvalue weighted by molar-refractivity contribution is 5.69. The molecule has 0 saturated heterocycles. The third-order valence-electron chi connectivity index (χ3n) is 2.36. The lowest BCUT2D eigenvalue weighted by Gasteiger charge is -2.11. The highest BCUT2D eigenvalue weighted by atomic mass is 16.5. The predicted octanol–water partition coefficient (Wildman–Crippen LogP) is 2.46. The predicted molar refractivity (Wildman–Crippen MR) is 66.7 cm³/mol. The van der Waals surface area contributed by atoms with E-state index in [1.807, 2.05) is 30.3 Å². The molecule has 1 rings (SSSR count). The summed E-state index contributed by atoms with van der Waals surface area (Å²) in [5, 5.41) is 0. The number of carbonyl (C=O) groups is 2. The summed E-state index contributed by atoms with van der Waals surface area (Å²) in [5.41, 5.74) is 0.957. The molecule has 0 N–H and O–H groups in total. The fourth-order valence-electron chi connectivity index (χ4n) is 1.47. The van der Waals surface area contributed by atoms with Crippen LogP contribution in [0.3, 0.4) is 0 Å². The molecule has 18 heavy (non-hydrogen) atoms. The van der Waals surface area contributed by atoms with E-state index in [1.54, 1.807) is 6.92 Å². The van der Waals surface area contributed by atoms with Crippen molar-refractivity contribution in [1.82, 2.24) is 0 Å². The normalized spacial score (nSPS) is 11.7. The van der Waals surface area contributed by atoms with Gasteiger partial charge in [0.1, 0.15) is 6.61 Å². The summed E-state index contributed by atoms with van der Waals surface area (Å²) in [6.07, 6.45) is 0.473. The van der Waals surface area contributed by atoms with Gasteiger partial charge in [0.25, 0.3) is 0 Å². The van der Waals surface area contributed by atoms with Crippen LogP contribution in [0.5, 0.6) is 0 Å². The minimum Gasteiger partial charge on any atom is -0.463 e. The molecule has 4 nitrogen and oxygen atoms in total. The van der Waals surface area contributed by atoms with Gasteiger partial charge >= 0.3 is 11.9 Å². The Morgan fingerprint density at radius 3 is 2.50 bits per heavy atom. The van der Waals surface area contributed by atoms with Crippen molar-refractivity contribution >= 4 is 11.9 Å². The van der Waals surface area contributed by atoms with E-state index in [0.717, 1.165) is 5.56 Å². The summed E-state index contributed by atoms with van der Waals surface area (Å²) in [6, 6.07) is 9.49. The third kappa shape index (κ3) is 6.03. The third-order valence-corrected chi connectivity index (χ3v) is 2.36. The molecule has 0 aliphatic heterocycles. The Hall–Kier alpha value is -1.84. The van der Waals surface area contributed by atoms with Crippen molar-refractivity contribution in [2.75, 3.05) is 0 Å². The number of hydrogen-bond acceptors (Lipinski definition) is 4. The summed E-state index contributed by atoms with van der Waals surface area (Å²) >= 11 is 0. The molecule has 0 aliphatic carbocycles. The van der Waals surface area contributed by atoms with Crippen LogP contribution in [0.4, 0.5) is 0 Å². The topological polar surface area (TPSA) is 52.6 Å². The number of benzene rings is 1. The van der Waals surface area contributed by atoms with Gasteiger partial charge < -0.3 is 9.47 Å². The van der Waals surface area contributed by atoms with E-state index in [9.17, 15) is 9.59 Å². The summed E-state index contributed by atoms with van der Waals surface area (Å²) in [4.78, 5) is 22.1. The molecule has 0 heterocycles. The fraction of sp³-hybridized carbons (Fsp3) is 0.429. The molecule has 0 radical (unpaired) electrons. The van der Waals surface area contributed by atoms with Crippen molar-refractivity contribution in [3.8, 4) is 0 Å². The minimum absolute atomic E-state index is 0.251. The number of hydrogen-bond donors (Lipinski definition) is 0. The van der Waals surface area contributed by atoms with Crippen LogP contribution >= 0.6 is 0 Å². The van der Waals surface area contributed by atoms with Crippen molar-refractivity contribution in [3.63, 3.8) is 0 Å². The van der Waals surface area contributed by atoms with Gasteiger partial charge in [-0.25, -0.2) is 0 Å². The molecule has 0 bridgehead atoms. The van der Waals surface area contributed by atoms with Gasteiger partial charge in [-0.15, -0.1) is 0 Å². The number of esters is 2. The molecule has 0 aromatic heterocycles. The average molecular weight is 250 g/mol. The van der Waals surface area contributed by atoms with Crippen LogP contribution in [-0.2, 0) is 25.7 Å². The van der Waals surface area contributed by atoms with Crippen LogP contribution in [0.2, 0.25) is 0 Å². The highest BCUT2D eigenvalue weighted by Crippen LogP contribution is 2.06. The molecule has 0 amide bonds. The first-order valence-electron chi connectivity index (χ1n) is 5.94. The first-order valence-corrected chi connectivity index (χ1v) is 5.94. The largest absolute Gasteiger partial charge is 0.463 e. The highest BCUT2D eigenvalue weighted by Gasteiger charge is 2.10. The zero-order chi connectivity index (χ0) is 13.4. The summed E-state index contributed by atoms with van der Waals surface area (Å²) in [5.74, 6) is -0.613. The zero-order valence-electron chi connectivity index (χ0n) is 10.7. The van der Waals surface area contributed by atoms with E-state index in [1.165, 1.54) is 6.92 Å². The Bertz CT molecular complexity index is 386. The van der Waals surface area contributed by atoms with Gasteiger partial charge in [-0.2, -0.15) is 0 Å². The first-order chi connectivity index (χ1) is 8.58. The van der Waals surface area contributed by atoms with Gasteiger partial charge in [0, 0.05) is 13.3 Å². The molecule has 1 atom stereocenters. The Morgan fingerprint density at radius 2 is 1.89 bits per heavy atom. The lowest BCUT2D eigenvalue weighted by atomic mass is 10.2. The van der Waals surface area contributed by atoms with Crippen molar-refractivity contribution in [2.45, 2.75) is 39.4 Å². The van der Waals surface area contributed by atoms with E-state index >= 15 is 0 Å². The van der Waals surface area contributed by atoms with Crippen LogP contribution in [-0.4, -0.2) is 18.0 Å². The van der Waals surface area contributed by atoms with Crippen LogP contribution in [0.25, 0.3) is 0 Å². The van der Waals surface area contributed by atoms with Crippen LogP contribution in [0, 0.1) is 0 Å². The van der Waals surface area contributed by atoms with Gasteiger partial charge in [-0.05, 0) is 18.9 Å². The molecule has 1 unspecified atom stereocenters. The molecular formula is C14H18O4. The second kappa shape index (κ2) is 7.48. The molecule has 0 saturated carbocycles. The number of rotatable bonds is 6. The Balaban J connectivity index is 2.20. The van der Waals surface area contributed by atoms with E-state index < -0.39 is 0 Å². The number of ether oxygens (including phenoxy) is 2. The van der Waals surface area contributed by atoms with E-state index in [4.69, 9.17) is 9.47 Å². The van der Waals surface area contributed by atoms with Crippen molar-refractivity contribution in [2.24, 2.45) is 0 Å². The maximum absolute atomic E-state index is 11.4. The average Bonchev–Trinajstić information content (AvgIpc) is 2.34. The fourth-order valence-corrected chi connectivity index (χ4v) is 1.47. The standard InChI is InChI=1S/C14H18O4/c1-11(18-12(2)15)8-9-14(16)17-10-13-6-4-3-5-7-13/h3-7,11H,8-10H2,1-2H3. The second-order valence-corrected chi connectivity index (χ2v) is 4.11. The molecule has 0 spiro atoms.